The van der Waals surface area contributed by atoms with Gasteiger partial charge in [0, 0.05) is 15.1 Å². The zero-order chi connectivity index (χ0) is 16.0. The summed E-state index contributed by atoms with van der Waals surface area (Å²) in [6, 6.07) is 13.6. The zero-order valence-electron chi connectivity index (χ0n) is 12.8. The lowest BCUT2D eigenvalue weighted by atomic mass is 10.0. The molecule has 0 spiro atoms. The Morgan fingerprint density at radius 1 is 0.652 bits per heavy atom. The minimum atomic E-state index is 0. The highest BCUT2D eigenvalue weighted by atomic mass is 35.5. The maximum Gasteiger partial charge on any atom is 0.0455 e. The van der Waals surface area contributed by atoms with Gasteiger partial charge in [-0.2, -0.15) is 0 Å². The van der Waals surface area contributed by atoms with Crippen molar-refractivity contribution in [3.63, 3.8) is 0 Å². The monoisotopic (exact) mass is 374 g/mol. The van der Waals surface area contributed by atoms with Crippen molar-refractivity contribution in [1.29, 1.82) is 0 Å². The summed E-state index contributed by atoms with van der Waals surface area (Å²) in [6.07, 6.45) is 0. The van der Waals surface area contributed by atoms with Crippen molar-refractivity contribution in [1.82, 2.24) is 0 Å². The van der Waals surface area contributed by atoms with Gasteiger partial charge < -0.3 is 0 Å². The third-order valence-electron chi connectivity index (χ3n) is 3.11. The number of rotatable bonds is 2. The van der Waals surface area contributed by atoms with E-state index in [4.69, 9.17) is 34.8 Å². The van der Waals surface area contributed by atoms with Gasteiger partial charge in [-0.1, -0.05) is 102 Å². The molecular formula is C20H29Cl3. The first-order valence-electron chi connectivity index (χ1n) is 7.02. The summed E-state index contributed by atoms with van der Waals surface area (Å²) in [6.45, 7) is 8.49. The van der Waals surface area contributed by atoms with Gasteiger partial charge in [-0.15, -0.1) is 0 Å². The molecule has 2 aromatic rings. The fourth-order valence-corrected chi connectivity index (χ4v) is 2.89. The van der Waals surface area contributed by atoms with Crippen molar-refractivity contribution in [3.05, 3.63) is 68.7 Å². The van der Waals surface area contributed by atoms with E-state index < -0.39 is 0 Å². The molecule has 0 aromatic heterocycles. The molecule has 0 aliphatic heterocycles. The van der Waals surface area contributed by atoms with Gasteiger partial charge in [0.2, 0.25) is 0 Å². The van der Waals surface area contributed by atoms with Crippen molar-refractivity contribution >= 4 is 34.8 Å². The summed E-state index contributed by atoms with van der Waals surface area (Å²) in [5, 5.41) is 2.32. The molecule has 23 heavy (non-hydrogen) atoms. The number of hydrogen-bond acceptors (Lipinski definition) is 0. The summed E-state index contributed by atoms with van der Waals surface area (Å²) in [4.78, 5) is 0. The summed E-state index contributed by atoms with van der Waals surface area (Å²) < 4.78 is 0. The first-order chi connectivity index (χ1) is 9.82. The molecule has 0 saturated carbocycles. The van der Waals surface area contributed by atoms with E-state index in [2.05, 4.69) is 33.8 Å². The van der Waals surface area contributed by atoms with E-state index in [0.717, 1.165) is 15.6 Å². The Hall–Kier alpha value is -0.690. The lowest BCUT2D eigenvalue weighted by Crippen LogP contribution is -1.87. The summed E-state index contributed by atoms with van der Waals surface area (Å²) in [5.41, 5.74) is 2.38. The quantitative estimate of drug-likeness (QED) is 0.491. The fourth-order valence-electron chi connectivity index (χ4n) is 1.91. The Labute approximate surface area is 157 Å². The van der Waals surface area contributed by atoms with Crippen LogP contribution in [0, 0.1) is 0 Å². The molecule has 0 saturated heterocycles. The van der Waals surface area contributed by atoms with Crippen LogP contribution in [0.3, 0.4) is 0 Å². The fraction of sp³-hybridized carbons (Fsp3) is 0.400. The van der Waals surface area contributed by atoms with Gasteiger partial charge in [0.25, 0.3) is 0 Å². The number of halogens is 3. The van der Waals surface area contributed by atoms with Crippen LogP contribution in [0.4, 0.5) is 0 Å². The largest absolute Gasteiger partial charge is 0.0843 e. The lowest BCUT2D eigenvalue weighted by Gasteiger charge is -2.06. The van der Waals surface area contributed by atoms with Gasteiger partial charge in [-0.05, 0) is 41.2 Å². The van der Waals surface area contributed by atoms with Gasteiger partial charge in [-0.25, -0.2) is 0 Å². The molecule has 3 heteroatoms. The van der Waals surface area contributed by atoms with Gasteiger partial charge in [0.1, 0.15) is 0 Å². The van der Waals surface area contributed by atoms with Gasteiger partial charge in [0.15, 0.2) is 0 Å². The molecule has 0 amide bonds. The normalized spacial score (nSPS) is 9.61. The Bertz CT molecular complexity index is 575. The minimum Gasteiger partial charge on any atom is -0.0843 e. The standard InChI is InChI=1S/C9H10Cl2.C9H11Cl.2CH4/c1-6(2)8-4-3-7(10)5-9(8)11;1-7(2)8-5-3-4-6-9(8)10;;/h3-6H,1-2H3;3-7H,1-2H3;2*1H4. The van der Waals surface area contributed by atoms with E-state index in [0.29, 0.717) is 16.9 Å². The number of benzene rings is 2. The van der Waals surface area contributed by atoms with Crippen molar-refractivity contribution < 1.29 is 0 Å². The van der Waals surface area contributed by atoms with E-state index in [1.54, 1.807) is 6.07 Å². The predicted octanol–water partition coefficient (Wildman–Crippen LogP) is 8.85. The molecule has 2 rings (SSSR count). The Morgan fingerprint density at radius 3 is 1.52 bits per heavy atom. The smallest absolute Gasteiger partial charge is 0.0455 e. The first-order valence-corrected chi connectivity index (χ1v) is 8.15. The van der Waals surface area contributed by atoms with E-state index in [1.807, 2.05) is 30.3 Å². The minimum absolute atomic E-state index is 0. The highest BCUT2D eigenvalue weighted by Gasteiger charge is 2.04. The molecule has 0 aliphatic carbocycles. The van der Waals surface area contributed by atoms with Crippen LogP contribution in [-0.4, -0.2) is 0 Å². The zero-order valence-corrected chi connectivity index (χ0v) is 15.1. The SMILES string of the molecule is C.C.CC(C)c1ccc(Cl)cc1Cl.CC(C)c1ccccc1Cl. The van der Waals surface area contributed by atoms with Gasteiger partial charge in [-0.3, -0.25) is 0 Å². The molecule has 0 bridgehead atoms. The van der Waals surface area contributed by atoms with Crippen LogP contribution in [0.25, 0.3) is 0 Å². The molecule has 0 heterocycles. The van der Waals surface area contributed by atoms with Crippen molar-refractivity contribution in [2.45, 2.75) is 54.4 Å². The van der Waals surface area contributed by atoms with Gasteiger partial charge >= 0.3 is 0 Å². The van der Waals surface area contributed by atoms with Crippen molar-refractivity contribution in [3.8, 4) is 0 Å². The van der Waals surface area contributed by atoms with Crippen LogP contribution in [0.1, 0.15) is 65.5 Å². The highest BCUT2D eigenvalue weighted by molar-refractivity contribution is 6.35. The molecular weight excluding hydrogens is 347 g/mol. The molecule has 0 aliphatic rings. The molecule has 0 fully saturated rings. The summed E-state index contributed by atoms with van der Waals surface area (Å²) in [7, 11) is 0. The van der Waals surface area contributed by atoms with Crippen LogP contribution >= 0.6 is 34.8 Å². The number of hydrogen-bond donors (Lipinski definition) is 0. The van der Waals surface area contributed by atoms with Gasteiger partial charge in [0.05, 0.1) is 0 Å². The first kappa shape index (κ1) is 24.6. The molecule has 130 valence electrons. The second kappa shape index (κ2) is 11.8. The van der Waals surface area contributed by atoms with Crippen LogP contribution in [-0.2, 0) is 0 Å². The summed E-state index contributed by atoms with van der Waals surface area (Å²) >= 11 is 17.6. The molecule has 0 nitrogen and oxygen atoms in total. The molecule has 2 aromatic carbocycles. The van der Waals surface area contributed by atoms with Crippen LogP contribution < -0.4 is 0 Å². The van der Waals surface area contributed by atoms with Crippen LogP contribution in [0.15, 0.2) is 42.5 Å². The Balaban J connectivity index is 0. The topological polar surface area (TPSA) is 0 Å². The average Bonchev–Trinajstić information content (AvgIpc) is 2.39. The average molecular weight is 376 g/mol. The van der Waals surface area contributed by atoms with Crippen LogP contribution in [0.2, 0.25) is 15.1 Å². The van der Waals surface area contributed by atoms with Crippen molar-refractivity contribution in [2.75, 3.05) is 0 Å². The predicted molar refractivity (Wildman–Crippen MR) is 110 cm³/mol. The highest BCUT2D eigenvalue weighted by Crippen LogP contribution is 2.26. The maximum atomic E-state index is 5.94. The molecule has 0 atom stereocenters. The van der Waals surface area contributed by atoms with E-state index in [9.17, 15) is 0 Å². The Morgan fingerprint density at radius 2 is 1.13 bits per heavy atom. The maximum absolute atomic E-state index is 5.94. The second-order valence-corrected chi connectivity index (χ2v) is 6.75. The lowest BCUT2D eigenvalue weighted by molar-refractivity contribution is 0.867. The summed E-state index contributed by atoms with van der Waals surface area (Å²) in [5.74, 6) is 0.980. The van der Waals surface area contributed by atoms with Crippen molar-refractivity contribution in [2.24, 2.45) is 0 Å². The van der Waals surface area contributed by atoms with Crippen LogP contribution in [0.5, 0.6) is 0 Å². The third kappa shape index (κ3) is 8.11. The van der Waals surface area contributed by atoms with E-state index in [1.165, 1.54) is 5.56 Å². The molecule has 0 radical (unpaired) electrons. The van der Waals surface area contributed by atoms with E-state index in [-0.39, 0.29) is 14.9 Å². The second-order valence-electron chi connectivity index (χ2n) is 5.50. The molecule has 0 unspecified atom stereocenters. The third-order valence-corrected chi connectivity index (χ3v) is 4.02. The Kier molecular flexibility index (Phi) is 12.6. The molecule has 0 N–H and O–H groups in total. The van der Waals surface area contributed by atoms with E-state index >= 15 is 0 Å².